The molecule has 1 fully saturated rings. The SMILES string of the molecule is CC.CC(=O)CCOCCOCCNC1CCN(C(=O)CCn2c3c(c4ccccc42)C(C(C)C)N(C)N(C)C3)CC1. The molecule has 2 aliphatic rings. The van der Waals surface area contributed by atoms with E-state index in [-0.39, 0.29) is 11.7 Å². The van der Waals surface area contributed by atoms with Gasteiger partial charge in [0.15, 0.2) is 0 Å². The second-order valence-corrected chi connectivity index (χ2v) is 11.6. The summed E-state index contributed by atoms with van der Waals surface area (Å²) in [6, 6.07) is 9.42. The molecular weight excluding hydrogens is 530 g/mol. The number of fused-ring (bicyclic) bond motifs is 3. The molecule has 1 aromatic heterocycles. The molecule has 0 radical (unpaired) electrons. The fourth-order valence-corrected chi connectivity index (χ4v) is 6.20. The summed E-state index contributed by atoms with van der Waals surface area (Å²) in [6.45, 7) is 16.3. The van der Waals surface area contributed by atoms with Gasteiger partial charge in [-0.3, -0.25) is 9.59 Å². The monoisotopic (exact) mass is 585 g/mol. The van der Waals surface area contributed by atoms with Crippen LogP contribution >= 0.6 is 0 Å². The van der Waals surface area contributed by atoms with Crippen LogP contribution in [-0.4, -0.2) is 97.4 Å². The predicted octanol–water partition coefficient (Wildman–Crippen LogP) is 4.64. The number of carbonyl (C=O) groups is 2. The van der Waals surface area contributed by atoms with Gasteiger partial charge in [0.1, 0.15) is 5.78 Å². The van der Waals surface area contributed by atoms with Crippen LogP contribution in [-0.2, 0) is 32.2 Å². The van der Waals surface area contributed by atoms with E-state index in [1.165, 1.54) is 22.2 Å². The van der Waals surface area contributed by atoms with Gasteiger partial charge in [-0.25, -0.2) is 10.0 Å². The van der Waals surface area contributed by atoms with Crippen molar-refractivity contribution in [3.05, 3.63) is 35.5 Å². The molecule has 2 aliphatic heterocycles. The summed E-state index contributed by atoms with van der Waals surface area (Å²) in [6.07, 6.45) is 2.92. The van der Waals surface area contributed by atoms with Crippen molar-refractivity contribution >= 4 is 22.6 Å². The number of nitrogens with one attached hydrogen (secondary N) is 1. The Morgan fingerprint density at radius 2 is 1.64 bits per heavy atom. The van der Waals surface area contributed by atoms with Crippen LogP contribution in [0, 0.1) is 5.92 Å². The summed E-state index contributed by atoms with van der Waals surface area (Å²) in [7, 11) is 4.34. The fraction of sp³-hybridized carbons (Fsp3) is 0.697. The molecule has 0 spiro atoms. The van der Waals surface area contributed by atoms with Gasteiger partial charge in [0, 0.05) is 81.3 Å². The van der Waals surface area contributed by atoms with Crippen molar-refractivity contribution in [1.82, 2.24) is 24.8 Å². The molecule has 1 aromatic carbocycles. The summed E-state index contributed by atoms with van der Waals surface area (Å²) >= 11 is 0. The predicted molar refractivity (Wildman–Crippen MR) is 169 cm³/mol. The summed E-state index contributed by atoms with van der Waals surface area (Å²) in [5.74, 6) is 0.873. The van der Waals surface area contributed by atoms with Crippen LogP contribution in [0.3, 0.4) is 0 Å². The van der Waals surface area contributed by atoms with E-state index < -0.39 is 0 Å². The molecule has 3 heterocycles. The number of piperidine rings is 1. The number of amides is 1. The second kappa shape index (κ2) is 17.1. The standard InChI is InChI=1S/C31H49N5O4.C2H6/c1-23(2)31-30-26-8-6-7-9-27(26)36(28(30)22-33(4)34(31)5)17-12-29(38)35-15-10-25(11-16-35)32-14-19-40-21-20-39-18-13-24(3)37;1-2/h6-9,23,25,31-32H,10-22H2,1-5H3;1-2H3. The molecule has 1 unspecified atom stereocenters. The smallest absolute Gasteiger partial charge is 0.224 e. The second-order valence-electron chi connectivity index (χ2n) is 11.6. The van der Waals surface area contributed by atoms with Gasteiger partial charge in [0.05, 0.1) is 39.0 Å². The Bertz CT molecular complexity index is 1130. The number of rotatable bonds is 14. The Labute approximate surface area is 253 Å². The lowest BCUT2D eigenvalue weighted by Crippen LogP contribution is -2.46. The summed E-state index contributed by atoms with van der Waals surface area (Å²) in [5.41, 5.74) is 4.01. The van der Waals surface area contributed by atoms with E-state index >= 15 is 0 Å². The largest absolute Gasteiger partial charge is 0.379 e. The molecule has 0 saturated carbocycles. The number of benzene rings is 1. The van der Waals surface area contributed by atoms with Gasteiger partial charge in [-0.2, -0.15) is 0 Å². The first-order chi connectivity index (χ1) is 20.3. The molecule has 2 aromatic rings. The number of aromatic nitrogens is 1. The zero-order valence-corrected chi connectivity index (χ0v) is 27.2. The maximum atomic E-state index is 13.3. The van der Waals surface area contributed by atoms with Crippen molar-refractivity contribution in [2.24, 2.45) is 5.92 Å². The van der Waals surface area contributed by atoms with Gasteiger partial charge in [0.2, 0.25) is 5.91 Å². The molecule has 1 saturated heterocycles. The number of ether oxygens (including phenoxy) is 2. The van der Waals surface area contributed by atoms with Crippen LogP contribution in [0.15, 0.2) is 24.3 Å². The minimum atomic E-state index is 0.145. The lowest BCUT2D eigenvalue weighted by molar-refractivity contribution is -0.132. The van der Waals surface area contributed by atoms with Gasteiger partial charge in [-0.05, 0) is 31.7 Å². The number of hydrogen-bond donors (Lipinski definition) is 1. The Morgan fingerprint density at radius 1 is 0.976 bits per heavy atom. The molecule has 4 rings (SSSR count). The maximum absolute atomic E-state index is 13.3. The highest BCUT2D eigenvalue weighted by Crippen LogP contribution is 2.41. The van der Waals surface area contributed by atoms with E-state index in [1.54, 1.807) is 6.92 Å². The molecule has 0 aliphatic carbocycles. The van der Waals surface area contributed by atoms with E-state index in [0.29, 0.717) is 63.8 Å². The number of hydrogen-bond acceptors (Lipinski definition) is 7. The third-order valence-electron chi connectivity index (χ3n) is 8.42. The molecule has 42 heavy (non-hydrogen) atoms. The van der Waals surface area contributed by atoms with Crippen LogP contribution in [0.4, 0.5) is 0 Å². The van der Waals surface area contributed by atoms with Crippen molar-refractivity contribution in [3.63, 3.8) is 0 Å². The van der Waals surface area contributed by atoms with Crippen molar-refractivity contribution in [2.45, 2.75) is 85.5 Å². The third kappa shape index (κ3) is 8.86. The average molecular weight is 586 g/mol. The molecule has 9 heteroatoms. The van der Waals surface area contributed by atoms with E-state index in [4.69, 9.17) is 9.47 Å². The number of hydrazine groups is 1. The number of nitrogens with zero attached hydrogens (tertiary/aromatic N) is 4. The number of para-hydroxylation sites is 1. The van der Waals surface area contributed by atoms with Gasteiger partial charge in [0.25, 0.3) is 0 Å². The Hall–Kier alpha value is -2.30. The zero-order valence-electron chi connectivity index (χ0n) is 27.2. The minimum absolute atomic E-state index is 0.145. The third-order valence-corrected chi connectivity index (χ3v) is 8.42. The van der Waals surface area contributed by atoms with Crippen molar-refractivity contribution in [3.8, 4) is 0 Å². The van der Waals surface area contributed by atoms with Crippen LogP contribution in [0.1, 0.15) is 77.6 Å². The van der Waals surface area contributed by atoms with Crippen LogP contribution in [0.25, 0.3) is 10.9 Å². The zero-order chi connectivity index (χ0) is 30.6. The maximum Gasteiger partial charge on any atom is 0.224 e. The summed E-state index contributed by atoms with van der Waals surface area (Å²) in [4.78, 5) is 26.2. The number of carbonyl (C=O) groups excluding carboxylic acids is 2. The quantitative estimate of drug-likeness (QED) is 0.324. The lowest BCUT2D eigenvalue weighted by atomic mass is 9.91. The number of likely N-dealkylation sites (tertiary alicyclic amines) is 1. The molecule has 0 bridgehead atoms. The first kappa shape index (κ1) is 34.2. The van der Waals surface area contributed by atoms with E-state index in [2.05, 4.69) is 72.1 Å². The van der Waals surface area contributed by atoms with Gasteiger partial charge in [-0.15, -0.1) is 0 Å². The fourth-order valence-electron chi connectivity index (χ4n) is 6.20. The molecule has 236 valence electrons. The van der Waals surface area contributed by atoms with Gasteiger partial charge < -0.3 is 24.3 Å². The number of Topliss-reactive ketones (excluding diaryl/α,β-unsaturated/α-hetero) is 1. The Kier molecular flexibility index (Phi) is 13.9. The molecule has 1 atom stereocenters. The average Bonchev–Trinajstić information content (AvgIpc) is 3.29. The topological polar surface area (TPSA) is 79.3 Å². The van der Waals surface area contributed by atoms with E-state index in [9.17, 15) is 9.59 Å². The minimum Gasteiger partial charge on any atom is -0.379 e. The van der Waals surface area contributed by atoms with Crippen LogP contribution in [0.5, 0.6) is 0 Å². The summed E-state index contributed by atoms with van der Waals surface area (Å²) < 4.78 is 13.4. The first-order valence-corrected chi connectivity index (χ1v) is 16.0. The van der Waals surface area contributed by atoms with E-state index in [1.807, 2.05) is 18.7 Å². The van der Waals surface area contributed by atoms with Crippen molar-refractivity contribution in [2.75, 3.05) is 60.2 Å². The first-order valence-electron chi connectivity index (χ1n) is 16.0. The van der Waals surface area contributed by atoms with E-state index in [0.717, 1.165) is 39.0 Å². The highest BCUT2D eigenvalue weighted by Gasteiger charge is 2.35. The summed E-state index contributed by atoms with van der Waals surface area (Å²) in [5, 5.41) is 9.56. The van der Waals surface area contributed by atoms with Crippen LogP contribution < -0.4 is 5.32 Å². The highest BCUT2D eigenvalue weighted by molar-refractivity contribution is 5.86. The molecule has 1 N–H and O–H groups in total. The molecular formula is C33H55N5O4. The molecule has 1 amide bonds. The Balaban J connectivity index is 0.00000237. The van der Waals surface area contributed by atoms with Gasteiger partial charge in [-0.1, -0.05) is 45.9 Å². The number of aryl methyl sites for hydroxylation is 1. The van der Waals surface area contributed by atoms with Crippen molar-refractivity contribution < 1.29 is 19.1 Å². The van der Waals surface area contributed by atoms with Crippen molar-refractivity contribution in [1.29, 1.82) is 0 Å². The normalized spacial score (nSPS) is 18.3. The molecule has 9 nitrogen and oxygen atoms in total. The van der Waals surface area contributed by atoms with Gasteiger partial charge >= 0.3 is 0 Å². The Morgan fingerprint density at radius 3 is 2.31 bits per heavy atom. The van der Waals surface area contributed by atoms with Crippen LogP contribution in [0.2, 0.25) is 0 Å². The lowest BCUT2D eigenvalue weighted by Gasteiger charge is -2.42. The highest BCUT2D eigenvalue weighted by atomic mass is 16.5. The number of ketones is 1.